The Kier molecular flexibility index (Phi) is 3.97. The summed E-state index contributed by atoms with van der Waals surface area (Å²) < 4.78 is 5.73. The van der Waals surface area contributed by atoms with Crippen LogP contribution in [0.4, 0.5) is 0 Å². The molecule has 1 aromatic carbocycles. The molecule has 0 bridgehead atoms. The van der Waals surface area contributed by atoms with Gasteiger partial charge in [-0.1, -0.05) is 22.0 Å². The van der Waals surface area contributed by atoms with Crippen molar-refractivity contribution in [3.8, 4) is 11.8 Å². The molecule has 0 N–H and O–H groups in total. The summed E-state index contributed by atoms with van der Waals surface area (Å²) in [5.41, 5.74) is 4.53. The Balaban J connectivity index is 2.27. The van der Waals surface area contributed by atoms with E-state index in [9.17, 15) is 0 Å². The van der Waals surface area contributed by atoms with E-state index in [-0.39, 0.29) is 0 Å². The second kappa shape index (κ2) is 5.48. The Morgan fingerprint density at radius 2 is 1.78 bits per heavy atom. The van der Waals surface area contributed by atoms with Crippen LogP contribution in [0, 0.1) is 20.8 Å². The van der Waals surface area contributed by atoms with E-state index in [1.807, 2.05) is 19.9 Å². The average Bonchev–Trinajstić information content (AvgIpc) is 2.36. The molecular formula is C14H15BrN2O. The van der Waals surface area contributed by atoms with Crippen molar-refractivity contribution in [3.63, 3.8) is 0 Å². The van der Waals surface area contributed by atoms with Crippen molar-refractivity contribution in [2.75, 3.05) is 0 Å². The number of ether oxygens (including phenoxy) is 1. The summed E-state index contributed by atoms with van der Waals surface area (Å²) in [5, 5.41) is 0.746. The second-order valence-corrected chi connectivity index (χ2v) is 4.88. The van der Waals surface area contributed by atoms with Gasteiger partial charge in [-0.2, -0.15) is 0 Å². The number of hydrogen-bond donors (Lipinski definition) is 0. The summed E-state index contributed by atoms with van der Waals surface area (Å²) in [6, 6.07) is 4.52. The minimum atomic E-state index is 0.382. The maximum Gasteiger partial charge on any atom is 0.321 e. The highest BCUT2D eigenvalue weighted by Gasteiger charge is 2.07. The molecule has 0 aliphatic heterocycles. The number of alkyl halides is 1. The van der Waals surface area contributed by atoms with Crippen molar-refractivity contribution in [1.82, 2.24) is 9.97 Å². The van der Waals surface area contributed by atoms with Gasteiger partial charge in [0.1, 0.15) is 5.75 Å². The molecule has 0 aliphatic rings. The number of aromatic nitrogens is 2. The topological polar surface area (TPSA) is 35.0 Å². The predicted octanol–water partition coefficient (Wildman–Crippen LogP) is 4.09. The molecule has 0 unspecified atom stereocenters. The van der Waals surface area contributed by atoms with Crippen LogP contribution < -0.4 is 4.74 Å². The third kappa shape index (κ3) is 2.88. The molecule has 18 heavy (non-hydrogen) atoms. The molecule has 0 atom stereocenters. The molecule has 0 fully saturated rings. The fourth-order valence-electron chi connectivity index (χ4n) is 1.67. The van der Waals surface area contributed by atoms with E-state index in [1.165, 1.54) is 11.1 Å². The van der Waals surface area contributed by atoms with Gasteiger partial charge in [-0.25, -0.2) is 9.97 Å². The van der Waals surface area contributed by atoms with Crippen LogP contribution >= 0.6 is 15.9 Å². The van der Waals surface area contributed by atoms with Crippen LogP contribution in [0.2, 0.25) is 0 Å². The molecule has 4 heteroatoms. The molecule has 1 heterocycles. The van der Waals surface area contributed by atoms with Crippen LogP contribution in [-0.2, 0) is 5.33 Å². The largest absolute Gasteiger partial charge is 0.424 e. The minimum Gasteiger partial charge on any atom is -0.424 e. The predicted molar refractivity (Wildman–Crippen MR) is 75.4 cm³/mol. The quantitative estimate of drug-likeness (QED) is 0.801. The lowest BCUT2D eigenvalue weighted by Crippen LogP contribution is -1.96. The molecule has 94 valence electrons. The lowest BCUT2D eigenvalue weighted by atomic mass is 10.1. The fraction of sp³-hybridized carbons (Fsp3) is 0.286. The van der Waals surface area contributed by atoms with Gasteiger partial charge in [0, 0.05) is 17.7 Å². The summed E-state index contributed by atoms with van der Waals surface area (Å²) in [7, 11) is 0. The van der Waals surface area contributed by atoms with Crippen LogP contribution in [0.1, 0.15) is 22.3 Å². The molecule has 0 saturated carbocycles. The zero-order valence-corrected chi connectivity index (χ0v) is 12.3. The number of nitrogens with zero attached hydrogens (tertiary/aromatic N) is 2. The van der Waals surface area contributed by atoms with Gasteiger partial charge >= 0.3 is 6.01 Å². The maximum atomic E-state index is 5.73. The smallest absolute Gasteiger partial charge is 0.321 e. The first-order valence-electron chi connectivity index (χ1n) is 5.72. The van der Waals surface area contributed by atoms with Crippen LogP contribution in [0.5, 0.6) is 11.8 Å². The Hall–Kier alpha value is -1.42. The van der Waals surface area contributed by atoms with Crippen LogP contribution in [0.3, 0.4) is 0 Å². The summed E-state index contributed by atoms with van der Waals surface area (Å²) in [5.74, 6) is 0.819. The molecule has 0 aliphatic carbocycles. The number of rotatable bonds is 3. The molecule has 0 amide bonds. The van der Waals surface area contributed by atoms with Gasteiger partial charge in [0.25, 0.3) is 0 Å². The van der Waals surface area contributed by atoms with Crippen molar-refractivity contribution in [2.45, 2.75) is 26.1 Å². The molecule has 0 spiro atoms. The third-order valence-corrected chi connectivity index (χ3v) is 3.45. The van der Waals surface area contributed by atoms with Crippen molar-refractivity contribution in [3.05, 3.63) is 46.8 Å². The molecule has 2 rings (SSSR count). The lowest BCUT2D eigenvalue weighted by molar-refractivity contribution is 0.437. The van der Waals surface area contributed by atoms with Crippen molar-refractivity contribution >= 4 is 15.9 Å². The first kappa shape index (κ1) is 13.0. The van der Waals surface area contributed by atoms with Gasteiger partial charge in [-0.15, -0.1) is 0 Å². The molecule has 0 saturated heterocycles. The molecule has 1 aromatic heterocycles. The van der Waals surface area contributed by atoms with Crippen LogP contribution in [0.15, 0.2) is 24.5 Å². The Bertz CT molecular complexity index is 552. The first-order chi connectivity index (χ1) is 8.60. The summed E-state index contributed by atoms with van der Waals surface area (Å²) in [4.78, 5) is 8.36. The fourth-order valence-corrected chi connectivity index (χ4v) is 1.96. The zero-order chi connectivity index (χ0) is 13.1. The Morgan fingerprint density at radius 3 is 2.39 bits per heavy atom. The van der Waals surface area contributed by atoms with Gasteiger partial charge in [0.2, 0.25) is 0 Å². The summed E-state index contributed by atoms with van der Waals surface area (Å²) in [6.45, 7) is 6.16. The third-order valence-electron chi connectivity index (χ3n) is 2.80. The van der Waals surface area contributed by atoms with E-state index in [1.54, 1.807) is 12.4 Å². The van der Waals surface area contributed by atoms with E-state index in [2.05, 4.69) is 38.9 Å². The first-order valence-corrected chi connectivity index (χ1v) is 6.85. The zero-order valence-electron chi connectivity index (χ0n) is 10.7. The van der Waals surface area contributed by atoms with Gasteiger partial charge in [-0.3, -0.25) is 0 Å². The number of aryl methyl sites for hydroxylation is 2. The monoisotopic (exact) mass is 306 g/mol. The lowest BCUT2D eigenvalue weighted by Gasteiger charge is -2.10. The van der Waals surface area contributed by atoms with E-state index < -0.39 is 0 Å². The van der Waals surface area contributed by atoms with Crippen molar-refractivity contribution in [1.29, 1.82) is 0 Å². The van der Waals surface area contributed by atoms with Gasteiger partial charge in [0.15, 0.2) is 0 Å². The van der Waals surface area contributed by atoms with Crippen molar-refractivity contribution < 1.29 is 4.74 Å². The number of benzene rings is 1. The summed E-state index contributed by atoms with van der Waals surface area (Å²) in [6.07, 6.45) is 3.52. The molecule has 2 aromatic rings. The highest BCUT2D eigenvalue weighted by atomic mass is 79.9. The van der Waals surface area contributed by atoms with Crippen LogP contribution in [0.25, 0.3) is 0 Å². The van der Waals surface area contributed by atoms with Gasteiger partial charge in [0.05, 0.1) is 0 Å². The standard InChI is InChI=1S/C14H15BrN2O/c1-9-4-10(2)11(3)13(5-9)18-14-16-7-12(6-15)8-17-14/h4-5,7-8H,6H2,1-3H3. The van der Waals surface area contributed by atoms with E-state index in [0.29, 0.717) is 6.01 Å². The van der Waals surface area contributed by atoms with Gasteiger partial charge in [-0.05, 0) is 49.1 Å². The number of hydrogen-bond acceptors (Lipinski definition) is 3. The molecule has 0 radical (unpaired) electrons. The summed E-state index contributed by atoms with van der Waals surface area (Å²) >= 11 is 3.36. The van der Waals surface area contributed by atoms with Gasteiger partial charge < -0.3 is 4.74 Å². The SMILES string of the molecule is Cc1cc(C)c(C)c(Oc2ncc(CBr)cn2)c1. The average molecular weight is 307 g/mol. The van der Waals surface area contributed by atoms with E-state index >= 15 is 0 Å². The normalized spacial score (nSPS) is 10.4. The van der Waals surface area contributed by atoms with Crippen LogP contribution in [-0.4, -0.2) is 9.97 Å². The highest BCUT2D eigenvalue weighted by molar-refractivity contribution is 9.08. The Morgan fingerprint density at radius 1 is 1.11 bits per heavy atom. The highest BCUT2D eigenvalue weighted by Crippen LogP contribution is 2.26. The Labute approximate surface area is 115 Å². The molecular weight excluding hydrogens is 292 g/mol. The second-order valence-electron chi connectivity index (χ2n) is 4.31. The maximum absolute atomic E-state index is 5.73. The van der Waals surface area contributed by atoms with Crippen molar-refractivity contribution in [2.24, 2.45) is 0 Å². The van der Waals surface area contributed by atoms with E-state index in [0.717, 1.165) is 22.2 Å². The number of halogens is 1. The molecule has 3 nitrogen and oxygen atoms in total. The van der Waals surface area contributed by atoms with E-state index in [4.69, 9.17) is 4.74 Å². The minimum absolute atomic E-state index is 0.382.